The van der Waals surface area contributed by atoms with E-state index in [2.05, 4.69) is 4.74 Å². The Bertz CT molecular complexity index is 587. The van der Waals surface area contributed by atoms with E-state index in [1.807, 2.05) is 0 Å². The first-order valence-electron chi connectivity index (χ1n) is 6.09. The van der Waals surface area contributed by atoms with Gasteiger partial charge in [-0.3, -0.25) is 9.59 Å². The summed E-state index contributed by atoms with van der Waals surface area (Å²) in [7, 11) is 1.19. The van der Waals surface area contributed by atoms with Gasteiger partial charge in [-0.15, -0.1) is 0 Å². The third-order valence-corrected chi connectivity index (χ3v) is 3.31. The van der Waals surface area contributed by atoms with Crippen LogP contribution in [-0.2, 0) is 20.5 Å². The van der Waals surface area contributed by atoms with Crippen LogP contribution in [-0.4, -0.2) is 25.5 Å². The second-order valence-corrected chi connectivity index (χ2v) is 4.70. The van der Waals surface area contributed by atoms with Crippen molar-refractivity contribution in [1.82, 2.24) is 0 Å². The number of esters is 1. The van der Waals surface area contributed by atoms with Crippen molar-refractivity contribution in [3.63, 3.8) is 0 Å². The van der Waals surface area contributed by atoms with Crippen molar-refractivity contribution >= 4 is 23.3 Å². The molecule has 1 aromatic carbocycles. The van der Waals surface area contributed by atoms with E-state index in [4.69, 9.17) is 5.73 Å². The van der Waals surface area contributed by atoms with Crippen molar-refractivity contribution in [2.45, 2.75) is 12.6 Å². The highest BCUT2D eigenvalue weighted by Crippen LogP contribution is 2.36. The minimum atomic E-state index is -4.53. The third-order valence-electron chi connectivity index (χ3n) is 3.31. The minimum Gasteiger partial charge on any atom is -0.469 e. The zero-order chi connectivity index (χ0) is 15.8. The molecule has 1 saturated heterocycles. The number of carbonyl (C=O) groups is 2. The Labute approximate surface area is 118 Å². The van der Waals surface area contributed by atoms with E-state index in [0.717, 1.165) is 23.1 Å². The van der Waals surface area contributed by atoms with E-state index in [-0.39, 0.29) is 24.3 Å². The molecule has 5 nitrogen and oxygen atoms in total. The summed E-state index contributed by atoms with van der Waals surface area (Å²) in [5, 5.41) is 0. The van der Waals surface area contributed by atoms with Gasteiger partial charge >= 0.3 is 12.1 Å². The number of carbonyl (C=O) groups excluding carboxylic acids is 2. The van der Waals surface area contributed by atoms with Crippen LogP contribution in [0.1, 0.15) is 12.0 Å². The first-order valence-corrected chi connectivity index (χ1v) is 6.09. The molecule has 1 atom stereocenters. The fraction of sp³-hybridized carbons (Fsp3) is 0.385. The van der Waals surface area contributed by atoms with E-state index in [1.165, 1.54) is 7.11 Å². The smallest absolute Gasteiger partial charge is 0.416 e. The molecule has 0 radical (unpaired) electrons. The Hall–Kier alpha value is -2.25. The molecular formula is C13H13F3N2O3. The first-order chi connectivity index (χ1) is 9.74. The van der Waals surface area contributed by atoms with Gasteiger partial charge in [-0.2, -0.15) is 13.2 Å². The molecule has 2 rings (SSSR count). The Morgan fingerprint density at radius 1 is 1.43 bits per heavy atom. The van der Waals surface area contributed by atoms with Crippen LogP contribution >= 0.6 is 0 Å². The molecule has 114 valence electrons. The molecule has 1 amide bonds. The Morgan fingerprint density at radius 2 is 2.10 bits per heavy atom. The van der Waals surface area contributed by atoms with Crippen LogP contribution in [0.5, 0.6) is 0 Å². The lowest BCUT2D eigenvalue weighted by Crippen LogP contribution is -2.27. The lowest BCUT2D eigenvalue weighted by molar-refractivity contribution is -0.145. The normalized spacial score (nSPS) is 19.0. The predicted molar refractivity (Wildman–Crippen MR) is 68.3 cm³/mol. The number of alkyl halides is 3. The zero-order valence-electron chi connectivity index (χ0n) is 11.1. The molecule has 8 heteroatoms. The molecule has 21 heavy (non-hydrogen) atoms. The monoisotopic (exact) mass is 302 g/mol. The largest absolute Gasteiger partial charge is 0.469 e. The predicted octanol–water partition coefficient (Wildman–Crippen LogP) is 1.81. The lowest BCUT2D eigenvalue weighted by Gasteiger charge is -2.20. The highest BCUT2D eigenvalue weighted by Gasteiger charge is 2.38. The maximum Gasteiger partial charge on any atom is 0.416 e. The number of nitrogen functional groups attached to an aromatic ring is 1. The molecule has 2 N–H and O–H groups in total. The summed E-state index contributed by atoms with van der Waals surface area (Å²) in [5.74, 6) is -1.73. The summed E-state index contributed by atoms with van der Waals surface area (Å²) in [6, 6.07) is 2.75. The maximum absolute atomic E-state index is 12.7. The molecule has 0 bridgehead atoms. The van der Waals surface area contributed by atoms with E-state index in [9.17, 15) is 22.8 Å². The van der Waals surface area contributed by atoms with Gasteiger partial charge in [0.15, 0.2) is 0 Å². The number of ether oxygens (including phenoxy) is 1. The molecule has 1 aromatic rings. The maximum atomic E-state index is 12.7. The van der Waals surface area contributed by atoms with Gasteiger partial charge in [-0.05, 0) is 18.2 Å². The SMILES string of the molecule is COC(=O)C1CC(=O)N(c2cc(C(F)(F)F)ccc2N)C1. The van der Waals surface area contributed by atoms with E-state index >= 15 is 0 Å². The number of halogens is 3. The van der Waals surface area contributed by atoms with Gasteiger partial charge in [0, 0.05) is 13.0 Å². The topological polar surface area (TPSA) is 72.6 Å². The van der Waals surface area contributed by atoms with E-state index < -0.39 is 29.5 Å². The molecule has 0 saturated carbocycles. The summed E-state index contributed by atoms with van der Waals surface area (Å²) >= 11 is 0. The van der Waals surface area contributed by atoms with Gasteiger partial charge in [0.1, 0.15) is 0 Å². The lowest BCUT2D eigenvalue weighted by atomic mass is 10.1. The van der Waals surface area contributed by atoms with Crippen molar-refractivity contribution in [3.8, 4) is 0 Å². The Balaban J connectivity index is 2.34. The quantitative estimate of drug-likeness (QED) is 0.668. The van der Waals surface area contributed by atoms with Crippen LogP contribution in [0.25, 0.3) is 0 Å². The van der Waals surface area contributed by atoms with Gasteiger partial charge in [-0.25, -0.2) is 0 Å². The molecule has 0 spiro atoms. The van der Waals surface area contributed by atoms with Crippen LogP contribution in [0.2, 0.25) is 0 Å². The summed E-state index contributed by atoms with van der Waals surface area (Å²) < 4.78 is 42.7. The number of nitrogens with zero attached hydrogens (tertiary/aromatic N) is 1. The van der Waals surface area contributed by atoms with Crippen LogP contribution in [0.3, 0.4) is 0 Å². The fourth-order valence-electron chi connectivity index (χ4n) is 2.22. The highest BCUT2D eigenvalue weighted by atomic mass is 19.4. The Kier molecular flexibility index (Phi) is 3.80. The van der Waals surface area contributed by atoms with Crippen LogP contribution in [0, 0.1) is 5.92 Å². The Morgan fingerprint density at radius 3 is 2.67 bits per heavy atom. The van der Waals surface area contributed by atoms with Crippen LogP contribution in [0.4, 0.5) is 24.5 Å². The number of rotatable bonds is 2. The van der Waals surface area contributed by atoms with E-state index in [1.54, 1.807) is 0 Å². The number of hydrogen-bond acceptors (Lipinski definition) is 4. The van der Waals surface area contributed by atoms with Gasteiger partial charge in [0.25, 0.3) is 0 Å². The minimum absolute atomic E-state index is 0.0405. The second-order valence-electron chi connectivity index (χ2n) is 4.70. The number of nitrogens with two attached hydrogens (primary N) is 1. The van der Waals surface area contributed by atoms with Crippen molar-refractivity contribution in [2.75, 3.05) is 24.3 Å². The van der Waals surface area contributed by atoms with Gasteiger partial charge in [0.2, 0.25) is 5.91 Å². The molecule has 0 aromatic heterocycles. The summed E-state index contributed by atoms with van der Waals surface area (Å²) in [5.41, 5.74) is 4.75. The first kappa shape index (κ1) is 15.1. The number of methoxy groups -OCH3 is 1. The standard InChI is InChI=1S/C13H13F3N2O3/c1-21-12(20)7-4-11(19)18(6-7)10-5-8(13(14,15)16)2-3-9(10)17/h2-3,5,7H,4,6,17H2,1H3. The van der Waals surface area contributed by atoms with Crippen LogP contribution < -0.4 is 10.6 Å². The number of amides is 1. The summed E-state index contributed by atoms with van der Waals surface area (Å²) in [6.45, 7) is -0.0446. The van der Waals surface area contributed by atoms with Gasteiger partial charge < -0.3 is 15.4 Å². The molecule has 1 unspecified atom stereocenters. The number of hydrogen-bond donors (Lipinski definition) is 1. The number of benzene rings is 1. The third kappa shape index (κ3) is 2.93. The van der Waals surface area contributed by atoms with Crippen molar-refractivity contribution in [3.05, 3.63) is 23.8 Å². The van der Waals surface area contributed by atoms with Gasteiger partial charge in [0.05, 0.1) is 30.0 Å². The number of anilines is 2. The van der Waals surface area contributed by atoms with Crippen LogP contribution in [0.15, 0.2) is 18.2 Å². The zero-order valence-corrected chi connectivity index (χ0v) is 11.1. The fourth-order valence-corrected chi connectivity index (χ4v) is 2.22. The summed E-state index contributed by atoms with van der Waals surface area (Å²) in [6.07, 6.45) is -4.64. The highest BCUT2D eigenvalue weighted by molar-refractivity contribution is 6.01. The summed E-state index contributed by atoms with van der Waals surface area (Å²) in [4.78, 5) is 24.4. The van der Waals surface area contributed by atoms with Crippen molar-refractivity contribution in [2.24, 2.45) is 5.92 Å². The van der Waals surface area contributed by atoms with Crippen molar-refractivity contribution < 1.29 is 27.5 Å². The molecule has 0 aliphatic carbocycles. The molecule has 1 aliphatic heterocycles. The second kappa shape index (κ2) is 5.27. The molecular weight excluding hydrogens is 289 g/mol. The molecule has 1 aliphatic rings. The van der Waals surface area contributed by atoms with Gasteiger partial charge in [-0.1, -0.05) is 0 Å². The average molecular weight is 302 g/mol. The van der Waals surface area contributed by atoms with E-state index in [0.29, 0.717) is 0 Å². The molecule has 1 fully saturated rings. The average Bonchev–Trinajstić information content (AvgIpc) is 2.79. The van der Waals surface area contributed by atoms with Crippen molar-refractivity contribution in [1.29, 1.82) is 0 Å². The molecule has 1 heterocycles.